The monoisotopic (exact) mass is 455 g/mol. The highest BCUT2D eigenvalue weighted by Crippen LogP contribution is 2.22. The fourth-order valence-corrected chi connectivity index (χ4v) is 3.18. The third-order valence-corrected chi connectivity index (χ3v) is 4.78. The van der Waals surface area contributed by atoms with Gasteiger partial charge in [0.15, 0.2) is 6.10 Å². The van der Waals surface area contributed by atoms with Gasteiger partial charge in [0.05, 0.1) is 13.2 Å². The standard InChI is InChI=1S/C23H34ClNO6/c1-4-10-20(23(28)30-6-3)31-18-12-13-19(17(15-18)16-24)22(27)25-14-9-7-8-11-21(26)29-5-2/h12-13,15,20H,4-11,14,16H2,1-3H3,(H,25,27). The van der Waals surface area contributed by atoms with Crippen LogP contribution in [0.1, 0.15) is 75.2 Å². The van der Waals surface area contributed by atoms with E-state index in [1.54, 1.807) is 32.0 Å². The second-order valence-electron chi connectivity index (χ2n) is 6.97. The summed E-state index contributed by atoms with van der Waals surface area (Å²) in [7, 11) is 0. The van der Waals surface area contributed by atoms with Crippen molar-refractivity contribution in [2.24, 2.45) is 0 Å². The lowest BCUT2D eigenvalue weighted by Gasteiger charge is -2.18. The minimum atomic E-state index is -0.692. The molecule has 1 aromatic carbocycles. The largest absolute Gasteiger partial charge is 0.479 e. The summed E-state index contributed by atoms with van der Waals surface area (Å²) < 4.78 is 15.8. The normalized spacial score (nSPS) is 11.5. The van der Waals surface area contributed by atoms with Gasteiger partial charge in [0, 0.05) is 24.4 Å². The van der Waals surface area contributed by atoms with Crippen LogP contribution in [0.15, 0.2) is 18.2 Å². The van der Waals surface area contributed by atoms with Crippen molar-refractivity contribution in [1.29, 1.82) is 0 Å². The molecule has 0 fully saturated rings. The molecule has 0 saturated carbocycles. The summed E-state index contributed by atoms with van der Waals surface area (Å²) in [5, 5.41) is 2.87. The predicted octanol–water partition coefficient (Wildman–Crippen LogP) is 4.39. The van der Waals surface area contributed by atoms with Gasteiger partial charge in [-0.15, -0.1) is 11.6 Å². The van der Waals surface area contributed by atoms with E-state index in [0.717, 1.165) is 25.7 Å². The Bertz CT molecular complexity index is 709. The van der Waals surface area contributed by atoms with Crippen LogP contribution >= 0.6 is 11.6 Å². The van der Waals surface area contributed by atoms with E-state index >= 15 is 0 Å². The average molecular weight is 456 g/mol. The lowest BCUT2D eigenvalue weighted by Crippen LogP contribution is -2.29. The van der Waals surface area contributed by atoms with E-state index in [-0.39, 0.29) is 24.4 Å². The first kappa shape index (κ1) is 26.8. The summed E-state index contributed by atoms with van der Waals surface area (Å²) in [4.78, 5) is 35.9. The van der Waals surface area contributed by atoms with E-state index in [1.165, 1.54) is 0 Å². The molecule has 1 unspecified atom stereocenters. The number of hydrogen-bond donors (Lipinski definition) is 1. The number of amides is 1. The molecular formula is C23H34ClNO6. The fourth-order valence-electron chi connectivity index (χ4n) is 2.96. The molecule has 7 nitrogen and oxygen atoms in total. The molecule has 1 N–H and O–H groups in total. The molecule has 1 aromatic rings. The highest BCUT2D eigenvalue weighted by Gasteiger charge is 2.21. The van der Waals surface area contributed by atoms with Crippen molar-refractivity contribution in [2.75, 3.05) is 19.8 Å². The molecule has 1 atom stereocenters. The van der Waals surface area contributed by atoms with Crippen LogP contribution in [0.5, 0.6) is 5.75 Å². The minimum Gasteiger partial charge on any atom is -0.479 e. The first-order valence-corrected chi connectivity index (χ1v) is 11.5. The van der Waals surface area contributed by atoms with Gasteiger partial charge in [-0.2, -0.15) is 0 Å². The molecule has 31 heavy (non-hydrogen) atoms. The summed E-state index contributed by atoms with van der Waals surface area (Å²) in [5.41, 5.74) is 1.09. The first-order valence-electron chi connectivity index (χ1n) is 10.9. The van der Waals surface area contributed by atoms with Gasteiger partial charge in [-0.3, -0.25) is 9.59 Å². The maximum absolute atomic E-state index is 12.5. The molecule has 0 heterocycles. The average Bonchev–Trinajstić information content (AvgIpc) is 2.75. The van der Waals surface area contributed by atoms with Crippen molar-refractivity contribution >= 4 is 29.4 Å². The molecule has 0 saturated heterocycles. The van der Waals surface area contributed by atoms with Gasteiger partial charge in [-0.25, -0.2) is 4.79 Å². The second kappa shape index (κ2) is 15.5. The Morgan fingerprint density at radius 3 is 2.42 bits per heavy atom. The smallest absolute Gasteiger partial charge is 0.347 e. The highest BCUT2D eigenvalue weighted by molar-refractivity contribution is 6.17. The van der Waals surface area contributed by atoms with Crippen LogP contribution in [-0.4, -0.2) is 43.7 Å². The van der Waals surface area contributed by atoms with Gasteiger partial charge in [0.1, 0.15) is 5.75 Å². The molecule has 1 rings (SSSR count). The summed E-state index contributed by atoms with van der Waals surface area (Å²) in [6.07, 6.45) is 3.32. The van der Waals surface area contributed by atoms with Gasteiger partial charge in [0.25, 0.3) is 5.91 Å². The zero-order valence-electron chi connectivity index (χ0n) is 18.7. The summed E-state index contributed by atoms with van der Waals surface area (Å²) >= 11 is 6.05. The summed E-state index contributed by atoms with van der Waals surface area (Å²) in [6.45, 7) is 6.68. The van der Waals surface area contributed by atoms with Gasteiger partial charge < -0.3 is 19.5 Å². The molecule has 0 aliphatic carbocycles. The number of carbonyl (C=O) groups excluding carboxylic acids is 3. The van der Waals surface area contributed by atoms with E-state index in [4.69, 9.17) is 25.8 Å². The molecule has 0 spiro atoms. The van der Waals surface area contributed by atoms with Crippen molar-refractivity contribution in [1.82, 2.24) is 5.32 Å². The third kappa shape index (κ3) is 10.0. The Balaban J connectivity index is 2.60. The number of halogens is 1. The molecule has 0 radical (unpaired) electrons. The Kier molecular flexibility index (Phi) is 13.4. The summed E-state index contributed by atoms with van der Waals surface area (Å²) in [6, 6.07) is 4.99. The van der Waals surface area contributed by atoms with Crippen molar-refractivity contribution in [3.63, 3.8) is 0 Å². The van der Waals surface area contributed by atoms with Gasteiger partial charge in [-0.05, 0) is 56.9 Å². The molecule has 0 aliphatic rings. The maximum Gasteiger partial charge on any atom is 0.347 e. The number of rotatable bonds is 15. The van der Waals surface area contributed by atoms with E-state index in [1.807, 2.05) is 6.92 Å². The molecule has 8 heteroatoms. The molecule has 1 amide bonds. The molecular weight excluding hydrogens is 422 g/mol. The zero-order valence-corrected chi connectivity index (χ0v) is 19.5. The highest BCUT2D eigenvalue weighted by atomic mass is 35.5. The van der Waals surface area contributed by atoms with Crippen LogP contribution in [-0.2, 0) is 24.9 Å². The number of ether oxygens (including phenoxy) is 3. The van der Waals surface area contributed by atoms with Crippen molar-refractivity contribution in [3.8, 4) is 5.75 Å². The Labute approximate surface area is 189 Å². The SMILES string of the molecule is CCCC(Oc1ccc(C(=O)NCCCCCC(=O)OCC)c(CCl)c1)C(=O)OCC. The Morgan fingerprint density at radius 2 is 1.77 bits per heavy atom. The number of alkyl halides is 1. The van der Waals surface area contributed by atoms with Gasteiger partial charge in [0.2, 0.25) is 0 Å². The number of nitrogens with one attached hydrogen (secondary N) is 1. The van der Waals surface area contributed by atoms with E-state index in [0.29, 0.717) is 42.9 Å². The Morgan fingerprint density at radius 1 is 1.03 bits per heavy atom. The van der Waals surface area contributed by atoms with Crippen LogP contribution in [0.25, 0.3) is 0 Å². The summed E-state index contributed by atoms with van der Waals surface area (Å²) in [5.74, 6) is -0.204. The molecule has 0 aromatic heterocycles. The molecule has 174 valence electrons. The van der Waals surface area contributed by atoms with Crippen LogP contribution in [0, 0.1) is 0 Å². The van der Waals surface area contributed by atoms with Crippen LogP contribution in [0.4, 0.5) is 0 Å². The zero-order chi connectivity index (χ0) is 23.1. The minimum absolute atomic E-state index is 0.136. The lowest BCUT2D eigenvalue weighted by molar-refractivity contribution is -0.151. The van der Waals surface area contributed by atoms with E-state index in [2.05, 4.69) is 5.32 Å². The third-order valence-electron chi connectivity index (χ3n) is 4.49. The number of benzene rings is 1. The molecule has 0 bridgehead atoms. The number of esters is 2. The second-order valence-corrected chi connectivity index (χ2v) is 7.24. The maximum atomic E-state index is 12.5. The number of unbranched alkanes of at least 4 members (excludes halogenated alkanes) is 2. The van der Waals surface area contributed by atoms with Crippen molar-refractivity contribution < 1.29 is 28.6 Å². The van der Waals surface area contributed by atoms with E-state index in [9.17, 15) is 14.4 Å². The Hall–Kier alpha value is -2.28. The van der Waals surface area contributed by atoms with Gasteiger partial charge in [-0.1, -0.05) is 19.8 Å². The van der Waals surface area contributed by atoms with Crippen molar-refractivity contribution in [2.45, 2.75) is 71.3 Å². The van der Waals surface area contributed by atoms with Crippen molar-refractivity contribution in [3.05, 3.63) is 29.3 Å². The van der Waals surface area contributed by atoms with E-state index < -0.39 is 12.1 Å². The van der Waals surface area contributed by atoms with Crippen LogP contribution < -0.4 is 10.1 Å². The molecule has 0 aliphatic heterocycles. The predicted molar refractivity (Wildman–Crippen MR) is 119 cm³/mol. The van der Waals surface area contributed by atoms with Gasteiger partial charge >= 0.3 is 11.9 Å². The quantitative estimate of drug-likeness (QED) is 0.239. The topological polar surface area (TPSA) is 90.9 Å². The number of hydrogen-bond acceptors (Lipinski definition) is 6. The number of carbonyl (C=O) groups is 3. The van der Waals surface area contributed by atoms with Crippen LogP contribution in [0.3, 0.4) is 0 Å². The lowest BCUT2D eigenvalue weighted by atomic mass is 10.1. The first-order chi connectivity index (χ1) is 15.0. The fraction of sp³-hybridized carbons (Fsp3) is 0.609. The van der Waals surface area contributed by atoms with Crippen LogP contribution in [0.2, 0.25) is 0 Å².